The van der Waals surface area contributed by atoms with Crippen LogP contribution in [0.1, 0.15) is 0 Å². The van der Waals surface area contributed by atoms with E-state index < -0.39 is 4.87 Å². The summed E-state index contributed by atoms with van der Waals surface area (Å²) in [6.45, 7) is 3.14. The Morgan fingerprint density at radius 2 is 2.50 bits per heavy atom. The van der Waals surface area contributed by atoms with Gasteiger partial charge in [-0.3, -0.25) is 0 Å². The van der Waals surface area contributed by atoms with E-state index in [-0.39, 0.29) is 0 Å². The van der Waals surface area contributed by atoms with E-state index in [0.717, 1.165) is 6.26 Å². The van der Waals surface area contributed by atoms with Crippen LogP contribution < -0.4 is 0 Å². The molecular formula is C3H3O2Se. The van der Waals surface area contributed by atoms with E-state index in [1.54, 1.807) is 0 Å². The molecule has 0 aliphatic heterocycles. The first-order chi connectivity index (χ1) is 2.77. The topological polar surface area (TPSA) is 26.3 Å². The number of ether oxygens (including phenoxy) is 1. The van der Waals surface area contributed by atoms with Crippen LogP contribution in [0.3, 0.4) is 0 Å². The Balaban J connectivity index is 3.05. The van der Waals surface area contributed by atoms with Crippen LogP contribution in [-0.2, 0) is 4.74 Å². The molecule has 0 amide bonds. The SMILES string of the molecule is C=COC(=O)[Se]. The second-order valence-electron chi connectivity index (χ2n) is 0.535. The van der Waals surface area contributed by atoms with E-state index in [9.17, 15) is 4.79 Å². The van der Waals surface area contributed by atoms with Crippen LogP contribution in [0.2, 0.25) is 0 Å². The Morgan fingerprint density at radius 3 is 2.50 bits per heavy atom. The summed E-state index contributed by atoms with van der Waals surface area (Å²) in [5.41, 5.74) is 0. The zero-order valence-electron chi connectivity index (χ0n) is 3.01. The van der Waals surface area contributed by atoms with Gasteiger partial charge in [-0.2, -0.15) is 0 Å². The molecule has 0 rings (SSSR count). The van der Waals surface area contributed by atoms with Gasteiger partial charge in [0.15, 0.2) is 0 Å². The molecule has 3 heteroatoms. The van der Waals surface area contributed by atoms with Crippen LogP contribution in [0.4, 0.5) is 4.79 Å². The summed E-state index contributed by atoms with van der Waals surface area (Å²) in [5, 5.41) is 0. The standard InChI is InChI=1S/C3H3O2Se/c1-2-5-3(4)6/h2H,1H2. The average molecular weight is 150 g/mol. The van der Waals surface area contributed by atoms with Crippen LogP contribution in [0.25, 0.3) is 0 Å². The van der Waals surface area contributed by atoms with Gasteiger partial charge in [-0.25, -0.2) is 0 Å². The predicted octanol–water partition coefficient (Wildman–Crippen LogP) is 0.435. The fourth-order valence-electron chi connectivity index (χ4n) is 0.0680. The number of hydrogen-bond donors (Lipinski definition) is 0. The van der Waals surface area contributed by atoms with E-state index >= 15 is 0 Å². The van der Waals surface area contributed by atoms with Gasteiger partial charge in [-0.05, 0) is 0 Å². The Bertz CT molecular complexity index is 69.2. The second kappa shape index (κ2) is 2.94. The van der Waals surface area contributed by atoms with Gasteiger partial charge in [-0.15, -0.1) is 0 Å². The van der Waals surface area contributed by atoms with Crippen molar-refractivity contribution in [2.24, 2.45) is 0 Å². The van der Waals surface area contributed by atoms with E-state index in [0.29, 0.717) is 0 Å². The van der Waals surface area contributed by atoms with Crippen LogP contribution in [-0.4, -0.2) is 20.9 Å². The van der Waals surface area contributed by atoms with Crippen molar-refractivity contribution in [3.05, 3.63) is 12.8 Å². The Labute approximate surface area is 44.0 Å². The van der Waals surface area contributed by atoms with E-state index in [1.165, 1.54) is 0 Å². The molecule has 6 heavy (non-hydrogen) atoms. The molecule has 0 saturated carbocycles. The summed E-state index contributed by atoms with van der Waals surface area (Å²) in [6, 6.07) is 0. The van der Waals surface area contributed by atoms with Crippen molar-refractivity contribution < 1.29 is 9.53 Å². The molecule has 0 aromatic carbocycles. The molecule has 0 aromatic heterocycles. The predicted molar refractivity (Wildman–Crippen MR) is 22.4 cm³/mol. The van der Waals surface area contributed by atoms with Gasteiger partial charge in [0.05, 0.1) is 0 Å². The summed E-state index contributed by atoms with van der Waals surface area (Å²) in [5.74, 6) is 0. The van der Waals surface area contributed by atoms with E-state index in [4.69, 9.17) is 0 Å². The van der Waals surface area contributed by atoms with Crippen LogP contribution in [0, 0.1) is 0 Å². The van der Waals surface area contributed by atoms with Crippen LogP contribution in [0.15, 0.2) is 12.8 Å². The molecule has 0 bridgehead atoms. The molecule has 0 spiro atoms. The fourth-order valence-corrected chi connectivity index (χ4v) is 0.211. The first-order valence-corrected chi connectivity index (χ1v) is 2.11. The van der Waals surface area contributed by atoms with Gasteiger partial charge in [0.1, 0.15) is 0 Å². The third-order valence-electron chi connectivity index (χ3n) is 0.180. The first kappa shape index (κ1) is 5.73. The molecule has 0 aliphatic rings. The van der Waals surface area contributed by atoms with Crippen molar-refractivity contribution >= 4 is 20.9 Å². The first-order valence-electron chi connectivity index (χ1n) is 1.26. The van der Waals surface area contributed by atoms with Crippen molar-refractivity contribution in [3.63, 3.8) is 0 Å². The third-order valence-corrected chi connectivity index (χ3v) is 0.381. The van der Waals surface area contributed by atoms with Crippen molar-refractivity contribution in [2.75, 3.05) is 0 Å². The quantitative estimate of drug-likeness (QED) is 0.400. The molecule has 0 saturated heterocycles. The zero-order valence-corrected chi connectivity index (χ0v) is 4.72. The molecule has 0 atom stereocenters. The number of carbonyl (C=O) groups excluding carboxylic acids is 1. The third kappa shape index (κ3) is 3.73. The number of hydrogen-bond acceptors (Lipinski definition) is 2. The molecule has 0 unspecified atom stereocenters. The monoisotopic (exact) mass is 151 g/mol. The molecule has 0 aromatic rings. The van der Waals surface area contributed by atoms with Crippen LogP contribution in [0.5, 0.6) is 0 Å². The van der Waals surface area contributed by atoms with Crippen molar-refractivity contribution in [2.45, 2.75) is 0 Å². The molecular weight excluding hydrogens is 147 g/mol. The van der Waals surface area contributed by atoms with Gasteiger partial charge < -0.3 is 0 Å². The minimum atomic E-state index is -0.454. The Kier molecular flexibility index (Phi) is 2.81. The molecule has 0 N–H and O–H groups in total. The summed E-state index contributed by atoms with van der Waals surface area (Å²) in [4.78, 5) is 9.24. The van der Waals surface area contributed by atoms with Gasteiger partial charge in [-0.1, -0.05) is 0 Å². The van der Waals surface area contributed by atoms with Gasteiger partial charge in [0.25, 0.3) is 0 Å². The molecule has 33 valence electrons. The van der Waals surface area contributed by atoms with Crippen molar-refractivity contribution in [1.29, 1.82) is 0 Å². The normalized spacial score (nSPS) is 6.67. The van der Waals surface area contributed by atoms with Crippen molar-refractivity contribution in [1.82, 2.24) is 0 Å². The van der Waals surface area contributed by atoms with Gasteiger partial charge in [0, 0.05) is 0 Å². The zero-order chi connectivity index (χ0) is 4.99. The van der Waals surface area contributed by atoms with Crippen molar-refractivity contribution in [3.8, 4) is 0 Å². The maximum absolute atomic E-state index is 9.69. The Morgan fingerprint density at radius 1 is 2.00 bits per heavy atom. The van der Waals surface area contributed by atoms with Gasteiger partial charge in [0.2, 0.25) is 0 Å². The van der Waals surface area contributed by atoms with Crippen LogP contribution >= 0.6 is 0 Å². The second-order valence-corrected chi connectivity index (χ2v) is 1.23. The van der Waals surface area contributed by atoms with E-state index in [1.807, 2.05) is 0 Å². The van der Waals surface area contributed by atoms with E-state index in [2.05, 4.69) is 27.3 Å². The summed E-state index contributed by atoms with van der Waals surface area (Å²) in [6.07, 6.45) is 1.07. The Hall–Kier alpha value is -0.271. The van der Waals surface area contributed by atoms with Gasteiger partial charge >= 0.3 is 43.3 Å². The average Bonchev–Trinajstić information content (AvgIpc) is 1.35. The number of rotatable bonds is 1. The number of carbonyl (C=O) groups is 1. The molecule has 0 fully saturated rings. The molecule has 2 nitrogen and oxygen atoms in total. The maximum atomic E-state index is 9.69. The summed E-state index contributed by atoms with van der Waals surface area (Å²) >= 11 is 2.11. The minimum absolute atomic E-state index is 0.454. The fraction of sp³-hybridized carbons (Fsp3) is 0. The summed E-state index contributed by atoms with van der Waals surface area (Å²) < 4.78 is 4.11. The molecule has 1 radical (unpaired) electrons. The molecule has 0 heterocycles. The molecule has 0 aliphatic carbocycles. The summed E-state index contributed by atoms with van der Waals surface area (Å²) in [7, 11) is 0.